The molecule has 7 rings (SSSR count). The molecule has 0 heterocycles. The molecule has 0 fully saturated rings. The van der Waals surface area contributed by atoms with Crippen molar-refractivity contribution in [1.29, 1.82) is 0 Å². The van der Waals surface area contributed by atoms with Crippen molar-refractivity contribution >= 4 is 28.9 Å². The average Bonchev–Trinajstić information content (AvgIpc) is 3.66. The Morgan fingerprint density at radius 3 is 2.04 bits per heavy atom. The summed E-state index contributed by atoms with van der Waals surface area (Å²) < 4.78 is 3.56. The first-order chi connectivity index (χ1) is 21.5. The third-order valence-electron chi connectivity index (χ3n) is 9.56. The van der Waals surface area contributed by atoms with Gasteiger partial charge in [0, 0.05) is 0 Å². The van der Waals surface area contributed by atoms with Crippen molar-refractivity contribution < 1.29 is 46.1 Å². The van der Waals surface area contributed by atoms with Crippen molar-refractivity contribution in [3.63, 3.8) is 0 Å². The standard InChI is InChI=1S/C21H25.C17H11Cl.C5H5.2ClH.Zr/c1-20(2,3)16-9-7-14-11-15-8-10-17(21(4,5)6)13-19(15)18(14)12-16;18-16-9-3-5-13(12-16)11-15-8-4-7-14-6-1-2-10-17(14)15;1-2-4-5-3-1;;;/h7,9-10,12-13H,11H2,1-6H3;1-10,12H;1-5H;2*1H;/q;;;;;+2/p-2. The molecule has 0 nitrogen and oxygen atoms in total. The Kier molecular flexibility index (Phi) is 10.5. The molecule has 0 atom stereocenters. The third kappa shape index (κ3) is 6.85. The van der Waals surface area contributed by atoms with Crippen LogP contribution in [-0.2, 0) is 38.5 Å². The SMILES string of the molecule is CC(C)(C)c1ccc2c(c1)-c1cc(C(C)(C)C)c[c]([Zr+2](=[C](c3cccc(Cl)c3)c3cccc4ccccc34)[CH]3C=CC=C3)c1C2.[Cl-].[Cl-]. The summed E-state index contributed by atoms with van der Waals surface area (Å²) in [6, 6.07) is 36.8. The van der Waals surface area contributed by atoms with Gasteiger partial charge in [-0.05, 0) is 0 Å². The first kappa shape index (κ1) is 35.8. The number of allylic oxidation sites excluding steroid dienone is 4. The van der Waals surface area contributed by atoms with Gasteiger partial charge in [-0.25, -0.2) is 0 Å². The zero-order valence-corrected chi connectivity index (χ0v) is 32.7. The molecule has 47 heavy (non-hydrogen) atoms. The number of hydrogen-bond donors (Lipinski definition) is 0. The van der Waals surface area contributed by atoms with Crippen LogP contribution in [0, 0.1) is 0 Å². The quantitative estimate of drug-likeness (QED) is 0.236. The predicted octanol–water partition coefficient (Wildman–Crippen LogP) is 5.09. The van der Waals surface area contributed by atoms with Gasteiger partial charge >= 0.3 is 283 Å². The van der Waals surface area contributed by atoms with Gasteiger partial charge < -0.3 is 24.8 Å². The maximum absolute atomic E-state index is 6.78. The van der Waals surface area contributed by atoms with Crippen LogP contribution in [-0.4, -0.2) is 3.21 Å². The summed E-state index contributed by atoms with van der Waals surface area (Å²) in [7, 11) is 0. The molecule has 0 unspecified atom stereocenters. The monoisotopic (exact) mass is 752 g/mol. The molecule has 0 saturated heterocycles. The van der Waals surface area contributed by atoms with Crippen LogP contribution in [0.4, 0.5) is 0 Å². The molecule has 2 aliphatic rings. The minimum atomic E-state index is -2.84. The van der Waals surface area contributed by atoms with Gasteiger partial charge in [0.05, 0.1) is 0 Å². The Morgan fingerprint density at radius 2 is 1.34 bits per heavy atom. The maximum atomic E-state index is 6.78. The zero-order valence-electron chi connectivity index (χ0n) is 28.0. The molecule has 5 aromatic rings. The van der Waals surface area contributed by atoms with E-state index in [2.05, 4.69) is 157 Å². The van der Waals surface area contributed by atoms with Gasteiger partial charge in [-0.3, -0.25) is 0 Å². The van der Waals surface area contributed by atoms with Gasteiger partial charge in [0.1, 0.15) is 0 Å². The van der Waals surface area contributed by atoms with E-state index in [0.717, 1.165) is 11.4 Å². The fraction of sp³-hybridized carbons (Fsp3) is 0.233. The minimum absolute atomic E-state index is 0. The molecule has 5 aromatic carbocycles. The van der Waals surface area contributed by atoms with E-state index in [1.165, 1.54) is 52.9 Å². The number of benzene rings is 5. The molecule has 0 spiro atoms. The summed E-state index contributed by atoms with van der Waals surface area (Å²) in [4.78, 5) is 0. The Hall–Kier alpha value is -2.54. The second-order valence-electron chi connectivity index (χ2n) is 14.7. The molecule has 2 aliphatic carbocycles. The molecular formula is C43H41Cl3Zr. The smallest absolute Gasteiger partial charge is 1.00 e. The molecule has 0 N–H and O–H groups in total. The van der Waals surface area contributed by atoms with Gasteiger partial charge in [0.15, 0.2) is 0 Å². The number of hydrogen-bond acceptors (Lipinski definition) is 0. The van der Waals surface area contributed by atoms with Crippen LogP contribution in [0.15, 0.2) is 121 Å². The molecule has 238 valence electrons. The third-order valence-corrected chi connectivity index (χ3v) is 17.6. The van der Waals surface area contributed by atoms with Crippen LogP contribution in [0.1, 0.15) is 74.9 Å². The summed E-state index contributed by atoms with van der Waals surface area (Å²) in [5.74, 6) is 0. The van der Waals surface area contributed by atoms with Crippen molar-refractivity contribution in [3.8, 4) is 11.1 Å². The van der Waals surface area contributed by atoms with Crippen molar-refractivity contribution in [2.75, 3.05) is 0 Å². The summed E-state index contributed by atoms with van der Waals surface area (Å²) in [5, 5.41) is 3.40. The molecule has 0 aromatic heterocycles. The Labute approximate surface area is 305 Å². The van der Waals surface area contributed by atoms with E-state index in [0.29, 0.717) is 3.63 Å². The van der Waals surface area contributed by atoms with Gasteiger partial charge in [-0.15, -0.1) is 0 Å². The fourth-order valence-electron chi connectivity index (χ4n) is 7.06. The largest absolute Gasteiger partial charge is 1.00 e. The van der Waals surface area contributed by atoms with Crippen LogP contribution >= 0.6 is 11.6 Å². The van der Waals surface area contributed by atoms with E-state index in [4.69, 9.17) is 11.6 Å². The maximum Gasteiger partial charge on any atom is -1.00 e. The second kappa shape index (κ2) is 13.8. The Morgan fingerprint density at radius 1 is 0.681 bits per heavy atom. The van der Waals surface area contributed by atoms with E-state index in [1.807, 2.05) is 6.07 Å². The zero-order chi connectivity index (χ0) is 31.5. The van der Waals surface area contributed by atoms with Gasteiger partial charge in [0.2, 0.25) is 0 Å². The summed E-state index contributed by atoms with van der Waals surface area (Å²) in [5.41, 5.74) is 11.5. The van der Waals surface area contributed by atoms with Gasteiger partial charge in [-0.1, -0.05) is 0 Å². The van der Waals surface area contributed by atoms with Gasteiger partial charge in [0.25, 0.3) is 0 Å². The molecule has 0 bridgehead atoms. The van der Waals surface area contributed by atoms with Crippen LogP contribution < -0.4 is 28.1 Å². The van der Waals surface area contributed by atoms with E-state index >= 15 is 0 Å². The van der Waals surface area contributed by atoms with Crippen LogP contribution in [0.25, 0.3) is 21.9 Å². The average molecular weight is 755 g/mol. The Bertz CT molecular complexity index is 2050. The van der Waals surface area contributed by atoms with E-state index in [-0.39, 0.29) is 35.6 Å². The molecule has 0 saturated carbocycles. The molecule has 0 radical (unpaired) electrons. The summed E-state index contributed by atoms with van der Waals surface area (Å²) in [6.07, 6.45) is 10.5. The second-order valence-corrected chi connectivity index (χ2v) is 21.4. The summed E-state index contributed by atoms with van der Waals surface area (Å²) >= 11 is 3.94. The van der Waals surface area contributed by atoms with Crippen molar-refractivity contribution in [3.05, 3.63) is 160 Å². The van der Waals surface area contributed by atoms with E-state index in [1.54, 1.807) is 8.83 Å². The molecule has 0 amide bonds. The predicted molar refractivity (Wildman–Crippen MR) is 192 cm³/mol. The molecule has 4 heteroatoms. The molecule has 0 aliphatic heterocycles. The normalized spacial score (nSPS) is 14.0. The van der Waals surface area contributed by atoms with Crippen molar-refractivity contribution in [2.24, 2.45) is 0 Å². The van der Waals surface area contributed by atoms with Crippen LogP contribution in [0.2, 0.25) is 8.65 Å². The van der Waals surface area contributed by atoms with E-state index in [9.17, 15) is 0 Å². The minimum Gasteiger partial charge on any atom is -1.00 e. The first-order valence-electron chi connectivity index (χ1n) is 16.1. The van der Waals surface area contributed by atoms with Crippen LogP contribution in [0.3, 0.4) is 0 Å². The Balaban J connectivity index is 0.00000217. The number of rotatable bonds is 4. The van der Waals surface area contributed by atoms with Crippen molar-refractivity contribution in [2.45, 2.75) is 62.4 Å². The number of fused-ring (bicyclic) bond motifs is 4. The fourth-order valence-corrected chi connectivity index (χ4v) is 15.6. The topological polar surface area (TPSA) is 0 Å². The van der Waals surface area contributed by atoms with Crippen molar-refractivity contribution in [1.82, 2.24) is 0 Å². The summed E-state index contributed by atoms with van der Waals surface area (Å²) in [6.45, 7) is 14.1. The number of halogens is 3. The molecular weight excluding hydrogens is 714 g/mol. The van der Waals surface area contributed by atoms with Gasteiger partial charge in [-0.2, -0.15) is 0 Å². The van der Waals surface area contributed by atoms with Crippen LogP contribution in [0.5, 0.6) is 0 Å². The van der Waals surface area contributed by atoms with E-state index < -0.39 is 21.3 Å². The first-order valence-corrected chi connectivity index (χ1v) is 20.4.